The number of hydrogen-bond acceptors (Lipinski definition) is 5. The van der Waals surface area contributed by atoms with E-state index < -0.39 is 41.6 Å². The van der Waals surface area contributed by atoms with Crippen molar-refractivity contribution < 1.29 is 18.8 Å². The summed E-state index contributed by atoms with van der Waals surface area (Å²) in [5, 5.41) is 1.64. The number of amides is 2. The molecule has 3 aliphatic heterocycles. The lowest BCUT2D eigenvalue weighted by Gasteiger charge is -2.35. The van der Waals surface area contributed by atoms with Gasteiger partial charge in [-0.3, -0.25) is 14.4 Å². The molecule has 2 fully saturated rings. The van der Waals surface area contributed by atoms with Crippen molar-refractivity contribution in [2.24, 2.45) is 11.8 Å². The van der Waals surface area contributed by atoms with Gasteiger partial charge in [0.25, 0.3) is 0 Å². The highest BCUT2D eigenvalue weighted by Crippen LogP contribution is 2.53. The van der Waals surface area contributed by atoms with Crippen LogP contribution >= 0.6 is 22.9 Å². The van der Waals surface area contributed by atoms with Crippen LogP contribution in [-0.4, -0.2) is 28.5 Å². The highest BCUT2D eigenvalue weighted by atomic mass is 35.5. The summed E-state index contributed by atoms with van der Waals surface area (Å²) in [6, 6.07) is 13.7. The maximum Gasteiger partial charge on any atom is 0.240 e. The number of carbonyl (C=O) groups excluding carboxylic acids is 3. The first-order chi connectivity index (χ1) is 16.0. The summed E-state index contributed by atoms with van der Waals surface area (Å²) in [7, 11) is 0. The smallest absolute Gasteiger partial charge is 0.240 e. The molecular formula is C25H16ClFN2O3S. The fraction of sp³-hybridized carbons (Fsp3) is 0.160. The second-order valence-electron chi connectivity index (χ2n) is 8.28. The van der Waals surface area contributed by atoms with Crippen molar-refractivity contribution in [1.29, 1.82) is 0 Å². The summed E-state index contributed by atoms with van der Waals surface area (Å²) in [5.41, 5.74) is 2.06. The lowest BCUT2D eigenvalue weighted by molar-refractivity contribution is -0.123. The fourth-order valence-corrected chi connectivity index (χ4v) is 6.17. The van der Waals surface area contributed by atoms with Gasteiger partial charge < -0.3 is 4.90 Å². The normalized spacial score (nSPS) is 25.3. The maximum absolute atomic E-state index is 13.7. The number of carbonyl (C=O) groups is 3. The molecule has 0 saturated carbocycles. The van der Waals surface area contributed by atoms with Crippen molar-refractivity contribution in [3.05, 3.63) is 93.0 Å². The molecule has 4 atom stereocenters. The van der Waals surface area contributed by atoms with Crippen molar-refractivity contribution >= 4 is 52.3 Å². The molecule has 4 heterocycles. The van der Waals surface area contributed by atoms with Gasteiger partial charge in [-0.05, 0) is 46.8 Å². The highest BCUT2D eigenvalue weighted by Gasteiger charge is 2.64. The number of benzene rings is 2. The first kappa shape index (κ1) is 20.3. The molecule has 6 rings (SSSR count). The topological polar surface area (TPSA) is 57.7 Å². The number of halogens is 2. The Morgan fingerprint density at radius 1 is 1.00 bits per heavy atom. The van der Waals surface area contributed by atoms with Crippen LogP contribution in [0.3, 0.4) is 0 Å². The van der Waals surface area contributed by atoms with Crippen LogP contribution in [-0.2, 0) is 9.59 Å². The molecule has 164 valence electrons. The third-order valence-corrected chi connectivity index (χ3v) is 7.83. The van der Waals surface area contributed by atoms with Crippen LogP contribution < -0.4 is 4.90 Å². The zero-order valence-electron chi connectivity index (χ0n) is 17.0. The van der Waals surface area contributed by atoms with Crippen LogP contribution in [0.2, 0.25) is 5.02 Å². The Hall–Kier alpha value is -3.29. The second kappa shape index (κ2) is 7.37. The van der Waals surface area contributed by atoms with Gasteiger partial charge in [-0.25, -0.2) is 9.29 Å². The van der Waals surface area contributed by atoms with E-state index in [-0.39, 0.29) is 16.5 Å². The SMILES string of the molecule is O=C(c1cccs1)[C@@H]1[C@@H]2C(=O)N(c3ccc(F)c(Cl)c3)C(=O)[C@@H]2[C@@H]2c3ccccc3C=CN12. The Balaban J connectivity index is 1.51. The predicted octanol–water partition coefficient (Wildman–Crippen LogP) is 4.94. The van der Waals surface area contributed by atoms with Crippen LogP contribution in [0.15, 0.2) is 66.2 Å². The van der Waals surface area contributed by atoms with Gasteiger partial charge in [0.05, 0.1) is 33.5 Å². The number of fused-ring (bicyclic) bond motifs is 5. The predicted molar refractivity (Wildman–Crippen MR) is 123 cm³/mol. The van der Waals surface area contributed by atoms with E-state index in [0.29, 0.717) is 4.88 Å². The van der Waals surface area contributed by atoms with Crippen LogP contribution in [0.1, 0.15) is 26.8 Å². The number of thiophene rings is 1. The number of nitrogens with zero attached hydrogens (tertiary/aromatic N) is 2. The molecule has 0 bridgehead atoms. The summed E-state index contributed by atoms with van der Waals surface area (Å²) >= 11 is 7.25. The van der Waals surface area contributed by atoms with Gasteiger partial charge in [0.2, 0.25) is 11.8 Å². The average Bonchev–Trinajstić information content (AvgIpc) is 3.52. The summed E-state index contributed by atoms with van der Waals surface area (Å²) in [6.45, 7) is 0. The minimum Gasteiger partial charge on any atom is -0.358 e. The molecule has 8 heteroatoms. The third-order valence-electron chi connectivity index (χ3n) is 6.66. The molecule has 1 aromatic heterocycles. The zero-order chi connectivity index (χ0) is 22.9. The van der Waals surface area contributed by atoms with Gasteiger partial charge in [-0.1, -0.05) is 41.9 Å². The van der Waals surface area contributed by atoms with Gasteiger partial charge >= 0.3 is 0 Å². The molecule has 0 N–H and O–H groups in total. The Labute approximate surface area is 197 Å². The van der Waals surface area contributed by atoms with Crippen molar-refractivity contribution in [2.75, 3.05) is 4.90 Å². The van der Waals surface area contributed by atoms with Crippen LogP contribution in [0.5, 0.6) is 0 Å². The van der Waals surface area contributed by atoms with Crippen molar-refractivity contribution in [2.45, 2.75) is 12.1 Å². The number of hydrogen-bond donors (Lipinski definition) is 0. The van der Waals surface area contributed by atoms with Crippen LogP contribution in [0, 0.1) is 17.7 Å². The number of rotatable bonds is 3. The molecule has 0 spiro atoms. The molecule has 2 aromatic carbocycles. The lowest BCUT2D eigenvalue weighted by Crippen LogP contribution is -2.44. The number of imide groups is 1. The number of ketones is 1. The first-order valence-corrected chi connectivity index (χ1v) is 11.7. The second-order valence-corrected chi connectivity index (χ2v) is 9.64. The molecule has 5 nitrogen and oxygen atoms in total. The molecule has 2 saturated heterocycles. The van der Waals surface area contributed by atoms with E-state index in [1.54, 1.807) is 12.1 Å². The quantitative estimate of drug-likeness (QED) is 0.395. The van der Waals surface area contributed by atoms with Crippen molar-refractivity contribution in [1.82, 2.24) is 4.90 Å². The Morgan fingerprint density at radius 2 is 1.79 bits per heavy atom. The first-order valence-electron chi connectivity index (χ1n) is 10.4. The van der Waals surface area contributed by atoms with E-state index >= 15 is 0 Å². The summed E-state index contributed by atoms with van der Waals surface area (Å²) in [4.78, 5) is 44.5. The average molecular weight is 479 g/mol. The lowest BCUT2D eigenvalue weighted by atomic mass is 9.84. The summed E-state index contributed by atoms with van der Waals surface area (Å²) < 4.78 is 13.7. The van der Waals surface area contributed by atoms with Gasteiger partial charge in [0, 0.05) is 6.20 Å². The maximum atomic E-state index is 13.7. The third kappa shape index (κ3) is 2.85. The molecule has 0 aliphatic carbocycles. The Morgan fingerprint density at radius 3 is 2.55 bits per heavy atom. The molecule has 3 aromatic rings. The number of anilines is 1. The molecule has 3 aliphatic rings. The molecule has 0 radical (unpaired) electrons. The molecular weight excluding hydrogens is 463 g/mol. The minimum atomic E-state index is -0.864. The standard InChI is InChI=1S/C25H16ClFN2O3S/c26-16-12-14(7-8-17(16)27)29-24(31)19-20(25(29)32)22(23(30)18-6-3-11-33-18)28-10-9-13-4-1-2-5-15(13)21(19)28/h1-12,19-22H/t19-,20+,21-,22-/m0/s1. The molecule has 0 unspecified atom stereocenters. The summed E-state index contributed by atoms with van der Waals surface area (Å²) in [6.07, 6.45) is 3.73. The van der Waals surface area contributed by atoms with E-state index in [0.717, 1.165) is 22.1 Å². The zero-order valence-corrected chi connectivity index (χ0v) is 18.6. The van der Waals surface area contributed by atoms with Crippen LogP contribution in [0.25, 0.3) is 6.08 Å². The van der Waals surface area contributed by atoms with E-state index in [1.807, 2.05) is 46.8 Å². The van der Waals surface area contributed by atoms with Crippen molar-refractivity contribution in [3.63, 3.8) is 0 Å². The van der Waals surface area contributed by atoms with Crippen molar-refractivity contribution in [3.8, 4) is 0 Å². The Bertz CT molecular complexity index is 1360. The van der Waals surface area contributed by atoms with Gasteiger partial charge in [0.15, 0.2) is 5.78 Å². The van der Waals surface area contributed by atoms with Gasteiger partial charge in [0.1, 0.15) is 11.9 Å². The largest absolute Gasteiger partial charge is 0.358 e. The summed E-state index contributed by atoms with van der Waals surface area (Å²) in [5.74, 6) is -3.31. The fourth-order valence-electron chi connectivity index (χ4n) is 5.30. The van der Waals surface area contributed by atoms with E-state index in [2.05, 4.69) is 0 Å². The Kier molecular flexibility index (Phi) is 4.54. The molecule has 2 amide bonds. The van der Waals surface area contributed by atoms with E-state index in [9.17, 15) is 18.8 Å². The monoisotopic (exact) mass is 478 g/mol. The number of Topliss-reactive ketones (excluding diaryl/α,β-unsaturated/α-hetero) is 1. The van der Waals surface area contributed by atoms with Gasteiger partial charge in [-0.2, -0.15) is 0 Å². The molecule has 33 heavy (non-hydrogen) atoms. The van der Waals surface area contributed by atoms with E-state index in [1.165, 1.54) is 23.5 Å². The highest BCUT2D eigenvalue weighted by molar-refractivity contribution is 7.12. The minimum absolute atomic E-state index is 0.177. The van der Waals surface area contributed by atoms with E-state index in [4.69, 9.17) is 11.6 Å². The van der Waals surface area contributed by atoms with Crippen LogP contribution in [0.4, 0.5) is 10.1 Å². The van der Waals surface area contributed by atoms with Gasteiger partial charge in [-0.15, -0.1) is 11.3 Å².